The van der Waals surface area contributed by atoms with E-state index in [1.807, 2.05) is 0 Å². The number of alkyl halides is 1. The van der Waals surface area contributed by atoms with Crippen LogP contribution in [-0.4, -0.2) is 51.0 Å². The van der Waals surface area contributed by atoms with Crippen molar-refractivity contribution in [3.05, 3.63) is 0 Å². The van der Waals surface area contributed by atoms with Gasteiger partial charge in [-0.2, -0.15) is 0 Å². The molecule has 0 aromatic carbocycles. The summed E-state index contributed by atoms with van der Waals surface area (Å²) in [5.74, 6) is 1.56. The summed E-state index contributed by atoms with van der Waals surface area (Å²) in [5, 5.41) is 3.37. The first-order valence-corrected chi connectivity index (χ1v) is 8.53. The molecule has 1 heterocycles. The fourth-order valence-electron chi connectivity index (χ4n) is 2.08. The summed E-state index contributed by atoms with van der Waals surface area (Å²) in [5.41, 5.74) is 0. The van der Waals surface area contributed by atoms with E-state index in [0.717, 1.165) is 25.9 Å². The molecule has 1 N–H and O–H groups in total. The lowest BCUT2D eigenvalue weighted by atomic mass is 9.99. The maximum Gasteiger partial charge on any atom is 0.211 e. The predicted octanol–water partition coefficient (Wildman–Crippen LogP) is 1.12. The molecule has 4 nitrogen and oxygen atoms in total. The number of nitrogens with zero attached hydrogens (tertiary/aromatic N) is 1. The molecule has 17 heavy (non-hydrogen) atoms. The summed E-state index contributed by atoms with van der Waals surface area (Å²) in [6.45, 7) is 5.21. The van der Waals surface area contributed by atoms with E-state index in [1.165, 1.54) is 6.26 Å². The minimum absolute atomic E-state index is 0.431. The van der Waals surface area contributed by atoms with Gasteiger partial charge in [0.05, 0.1) is 6.26 Å². The van der Waals surface area contributed by atoms with E-state index >= 15 is 0 Å². The van der Waals surface area contributed by atoms with Gasteiger partial charge in [-0.15, -0.1) is 11.6 Å². The topological polar surface area (TPSA) is 49.4 Å². The normalized spacial score (nSPS) is 24.8. The monoisotopic (exact) mass is 282 g/mol. The van der Waals surface area contributed by atoms with E-state index < -0.39 is 10.0 Å². The van der Waals surface area contributed by atoms with Gasteiger partial charge in [0, 0.05) is 19.0 Å². The fraction of sp³-hybridized carbons (Fsp3) is 1.00. The van der Waals surface area contributed by atoms with E-state index in [4.69, 9.17) is 11.6 Å². The second-order valence-electron chi connectivity index (χ2n) is 5.05. The van der Waals surface area contributed by atoms with E-state index in [-0.39, 0.29) is 0 Å². The molecule has 2 unspecified atom stereocenters. The van der Waals surface area contributed by atoms with Crippen LogP contribution in [-0.2, 0) is 10.0 Å². The van der Waals surface area contributed by atoms with Crippen molar-refractivity contribution in [3.8, 4) is 0 Å². The second kappa shape index (κ2) is 6.92. The van der Waals surface area contributed by atoms with Crippen LogP contribution in [0.5, 0.6) is 0 Å². The first kappa shape index (κ1) is 15.2. The number of hydrogen-bond acceptors (Lipinski definition) is 3. The van der Waals surface area contributed by atoms with Crippen molar-refractivity contribution in [2.45, 2.75) is 19.8 Å². The number of hydrogen-bond donors (Lipinski definition) is 1. The van der Waals surface area contributed by atoms with Crippen molar-refractivity contribution in [2.75, 3.05) is 38.3 Å². The lowest BCUT2D eigenvalue weighted by Crippen LogP contribution is -2.42. The second-order valence-corrected chi connectivity index (χ2v) is 7.34. The summed E-state index contributed by atoms with van der Waals surface area (Å²) in [4.78, 5) is 0. The third-order valence-electron chi connectivity index (χ3n) is 3.14. The Labute approximate surface area is 110 Å². The van der Waals surface area contributed by atoms with Gasteiger partial charge in [-0.05, 0) is 37.8 Å². The lowest BCUT2D eigenvalue weighted by molar-refractivity contribution is 0.259. The van der Waals surface area contributed by atoms with E-state index in [2.05, 4.69) is 12.2 Å². The molecule has 0 saturated carbocycles. The molecule has 0 radical (unpaired) electrons. The van der Waals surface area contributed by atoms with Crippen LogP contribution in [0.4, 0.5) is 0 Å². The van der Waals surface area contributed by atoms with Crippen LogP contribution >= 0.6 is 11.6 Å². The molecule has 0 amide bonds. The molecule has 2 atom stereocenters. The summed E-state index contributed by atoms with van der Waals surface area (Å²) in [6, 6.07) is 0. The van der Waals surface area contributed by atoms with E-state index in [9.17, 15) is 8.42 Å². The number of piperidine rings is 1. The molecule has 6 heteroatoms. The molecule has 1 saturated heterocycles. The molecule has 0 spiro atoms. The van der Waals surface area contributed by atoms with Gasteiger partial charge >= 0.3 is 0 Å². The molecule has 1 aliphatic heterocycles. The van der Waals surface area contributed by atoms with Crippen molar-refractivity contribution in [1.29, 1.82) is 0 Å². The van der Waals surface area contributed by atoms with E-state index in [1.54, 1.807) is 4.31 Å². The van der Waals surface area contributed by atoms with Crippen LogP contribution in [0.3, 0.4) is 0 Å². The largest absolute Gasteiger partial charge is 0.316 e. The van der Waals surface area contributed by atoms with Crippen molar-refractivity contribution >= 4 is 21.6 Å². The highest BCUT2D eigenvalue weighted by atomic mass is 35.5. The summed E-state index contributed by atoms with van der Waals surface area (Å²) in [7, 11) is -3.02. The Morgan fingerprint density at radius 3 is 2.82 bits per heavy atom. The Hall–Kier alpha value is 0.160. The van der Waals surface area contributed by atoms with Crippen LogP contribution in [0.25, 0.3) is 0 Å². The quantitative estimate of drug-likeness (QED) is 0.743. The average molecular weight is 283 g/mol. The van der Waals surface area contributed by atoms with Gasteiger partial charge in [0.25, 0.3) is 0 Å². The zero-order valence-electron chi connectivity index (χ0n) is 10.7. The summed E-state index contributed by atoms with van der Waals surface area (Å²) < 4.78 is 24.5. The maximum atomic E-state index is 11.4. The summed E-state index contributed by atoms with van der Waals surface area (Å²) in [6.07, 6.45) is 3.36. The molecule has 1 rings (SSSR count). The zero-order valence-corrected chi connectivity index (χ0v) is 12.2. The van der Waals surface area contributed by atoms with Crippen molar-refractivity contribution in [2.24, 2.45) is 11.8 Å². The third-order valence-corrected chi connectivity index (χ3v) is 4.94. The minimum atomic E-state index is -3.02. The van der Waals surface area contributed by atoms with Crippen LogP contribution in [0.15, 0.2) is 0 Å². The molecular weight excluding hydrogens is 260 g/mol. The third kappa shape index (κ3) is 5.55. The highest BCUT2D eigenvalue weighted by Crippen LogP contribution is 2.17. The first-order valence-electron chi connectivity index (χ1n) is 6.15. The molecule has 0 aliphatic carbocycles. The van der Waals surface area contributed by atoms with Gasteiger partial charge < -0.3 is 5.32 Å². The molecule has 0 aromatic heterocycles. The Bertz CT molecular complexity index is 321. The van der Waals surface area contributed by atoms with Crippen LogP contribution < -0.4 is 5.32 Å². The van der Waals surface area contributed by atoms with Crippen molar-refractivity contribution < 1.29 is 8.42 Å². The molecular formula is C11H23ClN2O2S. The Morgan fingerprint density at radius 1 is 1.53 bits per heavy atom. The van der Waals surface area contributed by atoms with Gasteiger partial charge in [0.1, 0.15) is 0 Å². The number of nitrogens with one attached hydrogen (secondary N) is 1. The summed E-state index contributed by atoms with van der Waals surface area (Å²) >= 11 is 5.73. The Kier molecular flexibility index (Phi) is 6.20. The van der Waals surface area contributed by atoms with Gasteiger partial charge in [-0.1, -0.05) is 6.92 Å². The zero-order chi connectivity index (χ0) is 12.9. The van der Waals surface area contributed by atoms with Gasteiger partial charge in [-0.3, -0.25) is 0 Å². The SMILES string of the molecule is CC(CCl)CNCC1CCCN(S(C)(=O)=O)C1. The minimum Gasteiger partial charge on any atom is -0.316 e. The van der Waals surface area contributed by atoms with Gasteiger partial charge in [-0.25, -0.2) is 12.7 Å². The average Bonchev–Trinajstić information content (AvgIpc) is 2.28. The first-order chi connectivity index (χ1) is 7.93. The molecule has 102 valence electrons. The standard InChI is InChI=1S/C11H23ClN2O2S/c1-10(6-12)7-13-8-11-4-3-5-14(9-11)17(2,15)16/h10-11,13H,3-9H2,1-2H3. The molecule has 0 aromatic rings. The number of halogens is 1. The Morgan fingerprint density at radius 2 is 2.24 bits per heavy atom. The fourth-order valence-corrected chi connectivity index (χ4v) is 3.13. The van der Waals surface area contributed by atoms with Crippen molar-refractivity contribution in [3.63, 3.8) is 0 Å². The van der Waals surface area contributed by atoms with Gasteiger partial charge in [0.2, 0.25) is 10.0 Å². The highest BCUT2D eigenvalue weighted by Gasteiger charge is 2.25. The number of sulfonamides is 1. The van der Waals surface area contributed by atoms with Crippen LogP contribution in [0.2, 0.25) is 0 Å². The molecule has 1 aliphatic rings. The molecule has 0 bridgehead atoms. The maximum absolute atomic E-state index is 11.4. The van der Waals surface area contributed by atoms with Gasteiger partial charge in [0.15, 0.2) is 0 Å². The molecule has 1 fully saturated rings. The van der Waals surface area contributed by atoms with Crippen molar-refractivity contribution in [1.82, 2.24) is 9.62 Å². The van der Waals surface area contributed by atoms with E-state index in [0.29, 0.717) is 30.8 Å². The van der Waals surface area contributed by atoms with Crippen LogP contribution in [0, 0.1) is 11.8 Å². The predicted molar refractivity (Wildman–Crippen MR) is 71.9 cm³/mol. The smallest absolute Gasteiger partial charge is 0.211 e. The van der Waals surface area contributed by atoms with Crippen LogP contribution in [0.1, 0.15) is 19.8 Å². The lowest BCUT2D eigenvalue weighted by Gasteiger charge is -2.31. The Balaban J connectivity index is 2.30. The highest BCUT2D eigenvalue weighted by molar-refractivity contribution is 7.88. The number of rotatable bonds is 6.